The lowest BCUT2D eigenvalue weighted by Gasteiger charge is -1.83. The SMILES string of the molecule is O=[N+]([O-])c1cnc(C#CCCl)[nH]1. The van der Waals surface area contributed by atoms with Crippen molar-refractivity contribution in [3.05, 3.63) is 22.1 Å². The summed E-state index contributed by atoms with van der Waals surface area (Å²) >= 11 is 5.27. The Hall–Kier alpha value is -1.54. The van der Waals surface area contributed by atoms with E-state index in [1.54, 1.807) is 0 Å². The van der Waals surface area contributed by atoms with Crippen LogP contribution in [0.1, 0.15) is 5.82 Å². The van der Waals surface area contributed by atoms with Gasteiger partial charge in [0.25, 0.3) is 5.82 Å². The highest BCUT2D eigenvalue weighted by atomic mass is 35.5. The van der Waals surface area contributed by atoms with E-state index in [2.05, 4.69) is 21.8 Å². The lowest BCUT2D eigenvalue weighted by molar-refractivity contribution is -0.389. The number of nitrogens with zero attached hydrogens (tertiary/aromatic N) is 2. The van der Waals surface area contributed by atoms with Crippen LogP contribution in [-0.2, 0) is 0 Å². The smallest absolute Gasteiger partial charge is 0.341 e. The Morgan fingerprint density at radius 2 is 2.58 bits per heavy atom. The largest absolute Gasteiger partial charge is 0.358 e. The number of rotatable bonds is 1. The molecule has 0 bridgehead atoms. The highest BCUT2D eigenvalue weighted by Crippen LogP contribution is 2.04. The number of nitro groups is 1. The molecule has 0 aliphatic rings. The molecule has 5 nitrogen and oxygen atoms in total. The van der Waals surface area contributed by atoms with Crippen molar-refractivity contribution in [2.75, 3.05) is 5.88 Å². The minimum Gasteiger partial charge on any atom is -0.358 e. The number of imidazole rings is 1. The third kappa shape index (κ3) is 1.97. The van der Waals surface area contributed by atoms with Gasteiger partial charge < -0.3 is 10.1 Å². The predicted molar refractivity (Wildman–Crippen MR) is 42.8 cm³/mol. The molecule has 6 heteroatoms. The normalized spacial score (nSPS) is 8.75. The van der Waals surface area contributed by atoms with Crippen LogP contribution in [0, 0.1) is 22.0 Å². The first-order valence-corrected chi connectivity index (χ1v) is 3.51. The molecular weight excluding hydrogens is 182 g/mol. The first-order valence-electron chi connectivity index (χ1n) is 2.98. The Balaban J connectivity index is 2.84. The van der Waals surface area contributed by atoms with Gasteiger partial charge in [-0.2, -0.15) is 0 Å². The quantitative estimate of drug-likeness (QED) is 0.306. The third-order valence-corrected chi connectivity index (χ3v) is 1.17. The number of aromatic amines is 1. The van der Waals surface area contributed by atoms with Gasteiger partial charge in [0, 0.05) is 0 Å². The van der Waals surface area contributed by atoms with Crippen molar-refractivity contribution in [2.45, 2.75) is 0 Å². The third-order valence-electron chi connectivity index (χ3n) is 1.03. The first-order chi connectivity index (χ1) is 5.74. The predicted octanol–water partition coefficient (Wildman–Crippen LogP) is 0.908. The van der Waals surface area contributed by atoms with Crippen LogP contribution in [-0.4, -0.2) is 20.8 Å². The van der Waals surface area contributed by atoms with Crippen molar-refractivity contribution < 1.29 is 4.92 Å². The molecule has 1 rings (SSSR count). The van der Waals surface area contributed by atoms with Gasteiger partial charge in [-0.1, -0.05) is 5.92 Å². The fourth-order valence-corrected chi connectivity index (χ4v) is 0.652. The number of H-pyrrole nitrogens is 1. The molecule has 1 heterocycles. The lowest BCUT2D eigenvalue weighted by atomic mass is 10.6. The molecule has 0 radical (unpaired) electrons. The van der Waals surface area contributed by atoms with E-state index in [1.807, 2.05) is 0 Å². The fourth-order valence-electron chi connectivity index (χ4n) is 0.585. The van der Waals surface area contributed by atoms with Crippen LogP contribution in [0.2, 0.25) is 0 Å². The van der Waals surface area contributed by atoms with Gasteiger partial charge in [-0.15, -0.1) is 11.6 Å². The molecule has 0 aliphatic heterocycles. The summed E-state index contributed by atoms with van der Waals surface area (Å²) in [6.07, 6.45) is 1.11. The van der Waals surface area contributed by atoms with Crippen LogP contribution >= 0.6 is 11.6 Å². The summed E-state index contributed by atoms with van der Waals surface area (Å²) in [6, 6.07) is 0. The fraction of sp³-hybridized carbons (Fsp3) is 0.167. The Morgan fingerprint density at radius 3 is 3.08 bits per heavy atom. The van der Waals surface area contributed by atoms with E-state index in [-0.39, 0.29) is 17.5 Å². The Kier molecular flexibility index (Phi) is 2.66. The zero-order chi connectivity index (χ0) is 8.97. The van der Waals surface area contributed by atoms with E-state index in [1.165, 1.54) is 0 Å². The molecule has 0 spiro atoms. The molecular formula is C6H4ClN3O2. The first kappa shape index (κ1) is 8.56. The summed E-state index contributed by atoms with van der Waals surface area (Å²) in [5.74, 6) is 5.29. The second kappa shape index (κ2) is 3.74. The number of alkyl halides is 1. The van der Waals surface area contributed by atoms with Crippen molar-refractivity contribution in [2.24, 2.45) is 0 Å². The molecule has 0 aromatic carbocycles. The number of aromatic nitrogens is 2. The Labute approximate surface area is 72.9 Å². The van der Waals surface area contributed by atoms with E-state index in [9.17, 15) is 10.1 Å². The summed E-state index contributed by atoms with van der Waals surface area (Å²) < 4.78 is 0. The Morgan fingerprint density at radius 1 is 1.83 bits per heavy atom. The van der Waals surface area contributed by atoms with Crippen LogP contribution in [0.3, 0.4) is 0 Å². The number of halogens is 1. The van der Waals surface area contributed by atoms with E-state index in [4.69, 9.17) is 11.6 Å². The molecule has 1 N–H and O–H groups in total. The second-order valence-electron chi connectivity index (χ2n) is 1.81. The van der Waals surface area contributed by atoms with E-state index < -0.39 is 4.92 Å². The molecule has 1 aromatic rings. The summed E-state index contributed by atoms with van der Waals surface area (Å²) in [4.78, 5) is 15.6. The zero-order valence-electron chi connectivity index (χ0n) is 5.87. The highest BCUT2D eigenvalue weighted by Gasteiger charge is 2.06. The van der Waals surface area contributed by atoms with Crippen molar-refractivity contribution in [3.8, 4) is 11.8 Å². The van der Waals surface area contributed by atoms with Crippen LogP contribution < -0.4 is 0 Å². The summed E-state index contributed by atoms with van der Waals surface area (Å²) in [6.45, 7) is 0. The van der Waals surface area contributed by atoms with Gasteiger partial charge in [0.15, 0.2) is 0 Å². The second-order valence-corrected chi connectivity index (χ2v) is 2.08. The minimum absolute atomic E-state index is 0.172. The Bertz CT molecular complexity index is 349. The summed E-state index contributed by atoms with van der Waals surface area (Å²) in [5, 5.41) is 10.1. The number of hydrogen-bond acceptors (Lipinski definition) is 3. The van der Waals surface area contributed by atoms with Gasteiger partial charge in [0.05, 0.1) is 5.88 Å². The average molecular weight is 186 g/mol. The molecule has 62 valence electrons. The molecule has 0 saturated carbocycles. The van der Waals surface area contributed by atoms with Crippen LogP contribution in [0.15, 0.2) is 6.20 Å². The van der Waals surface area contributed by atoms with Gasteiger partial charge in [-0.05, 0) is 10.8 Å². The molecule has 0 aliphatic carbocycles. The number of hydrogen-bond donors (Lipinski definition) is 1. The minimum atomic E-state index is -0.571. The molecule has 1 aromatic heterocycles. The van der Waals surface area contributed by atoms with Crippen LogP contribution in [0.25, 0.3) is 0 Å². The van der Waals surface area contributed by atoms with E-state index >= 15 is 0 Å². The van der Waals surface area contributed by atoms with E-state index in [0.29, 0.717) is 0 Å². The number of nitrogens with one attached hydrogen (secondary N) is 1. The molecule has 0 fully saturated rings. The molecule has 0 amide bonds. The zero-order valence-corrected chi connectivity index (χ0v) is 6.63. The van der Waals surface area contributed by atoms with Gasteiger partial charge in [-0.3, -0.25) is 0 Å². The van der Waals surface area contributed by atoms with Crippen LogP contribution in [0.4, 0.5) is 5.82 Å². The van der Waals surface area contributed by atoms with Gasteiger partial charge in [-0.25, -0.2) is 9.97 Å². The molecule has 12 heavy (non-hydrogen) atoms. The van der Waals surface area contributed by atoms with Crippen molar-refractivity contribution in [3.63, 3.8) is 0 Å². The van der Waals surface area contributed by atoms with Gasteiger partial charge in [0.1, 0.15) is 6.20 Å². The molecule has 0 unspecified atom stereocenters. The molecule has 0 saturated heterocycles. The average Bonchev–Trinajstić information content (AvgIpc) is 2.48. The van der Waals surface area contributed by atoms with Crippen molar-refractivity contribution >= 4 is 17.4 Å². The maximum atomic E-state index is 10.1. The lowest BCUT2D eigenvalue weighted by Crippen LogP contribution is -1.86. The maximum Gasteiger partial charge on any atom is 0.341 e. The molecule has 0 atom stereocenters. The van der Waals surface area contributed by atoms with Crippen molar-refractivity contribution in [1.82, 2.24) is 9.97 Å². The van der Waals surface area contributed by atoms with Crippen molar-refractivity contribution in [1.29, 1.82) is 0 Å². The topological polar surface area (TPSA) is 71.8 Å². The summed E-state index contributed by atoms with van der Waals surface area (Å²) in [5.41, 5.74) is 0. The standard InChI is InChI=1S/C6H4ClN3O2/c7-3-1-2-5-8-4-6(9-5)10(11)12/h4H,3H2,(H,8,9). The maximum absolute atomic E-state index is 10.1. The van der Waals surface area contributed by atoms with E-state index in [0.717, 1.165) is 6.20 Å². The summed E-state index contributed by atoms with van der Waals surface area (Å²) in [7, 11) is 0. The van der Waals surface area contributed by atoms with Crippen LogP contribution in [0.5, 0.6) is 0 Å². The van der Waals surface area contributed by atoms with Gasteiger partial charge >= 0.3 is 5.82 Å². The monoisotopic (exact) mass is 185 g/mol. The van der Waals surface area contributed by atoms with Gasteiger partial charge in [0.2, 0.25) is 0 Å². The highest BCUT2D eigenvalue weighted by molar-refractivity contribution is 6.19.